The summed E-state index contributed by atoms with van der Waals surface area (Å²) < 4.78 is 32.4. The van der Waals surface area contributed by atoms with Crippen molar-refractivity contribution in [3.8, 4) is 23.1 Å². The maximum atomic E-state index is 13.0. The summed E-state index contributed by atoms with van der Waals surface area (Å²) in [7, 11) is -2.16. The molecule has 176 valence electrons. The SMILES string of the molecule is COc1ccc(-c2csc(NC(=O)CN3CCN(S(=O)(=O)c4ccccc4C#N)CC3)n2)cc1. The van der Waals surface area contributed by atoms with Crippen molar-refractivity contribution < 1.29 is 17.9 Å². The van der Waals surface area contributed by atoms with Gasteiger partial charge in [-0.1, -0.05) is 12.1 Å². The van der Waals surface area contributed by atoms with E-state index >= 15 is 0 Å². The molecule has 1 aromatic heterocycles. The van der Waals surface area contributed by atoms with Crippen molar-refractivity contribution >= 4 is 32.4 Å². The molecule has 0 aliphatic carbocycles. The number of thiazole rings is 1. The maximum absolute atomic E-state index is 13.0. The average Bonchev–Trinajstić information content (AvgIpc) is 3.32. The Hall–Kier alpha value is -3.30. The van der Waals surface area contributed by atoms with Crippen molar-refractivity contribution in [2.24, 2.45) is 0 Å². The third-order valence-corrected chi connectivity index (χ3v) is 8.17. The van der Waals surface area contributed by atoms with E-state index in [1.54, 1.807) is 19.2 Å². The summed E-state index contributed by atoms with van der Waals surface area (Å²) in [5.74, 6) is 0.552. The second kappa shape index (κ2) is 10.3. The third-order valence-electron chi connectivity index (χ3n) is 5.46. The first kappa shape index (κ1) is 23.8. The van der Waals surface area contributed by atoms with Crippen molar-refractivity contribution in [1.29, 1.82) is 5.26 Å². The zero-order valence-electron chi connectivity index (χ0n) is 18.5. The fourth-order valence-electron chi connectivity index (χ4n) is 3.64. The number of carbonyl (C=O) groups excluding carboxylic acids is 1. The predicted octanol–water partition coefficient (Wildman–Crippen LogP) is 2.64. The van der Waals surface area contributed by atoms with Crippen LogP contribution in [0, 0.1) is 11.3 Å². The second-order valence-corrected chi connectivity index (χ2v) is 10.4. The predicted molar refractivity (Wildman–Crippen MR) is 129 cm³/mol. The molecule has 1 N–H and O–H groups in total. The van der Waals surface area contributed by atoms with Gasteiger partial charge in [-0.05, 0) is 36.4 Å². The standard InChI is InChI=1S/C23H23N5O4S2/c1-32-19-8-6-17(7-9-19)20-16-33-23(25-20)26-22(29)15-27-10-12-28(13-11-27)34(30,31)21-5-3-2-4-18(21)14-24/h2-9,16H,10-13,15H2,1H3,(H,25,26,29). The second-order valence-electron chi connectivity index (χ2n) is 7.60. The number of ether oxygens (including phenoxy) is 1. The van der Waals surface area contributed by atoms with Crippen molar-refractivity contribution in [2.45, 2.75) is 4.90 Å². The average molecular weight is 498 g/mol. The number of aromatic nitrogens is 1. The first-order valence-corrected chi connectivity index (χ1v) is 12.8. The fourth-order valence-corrected chi connectivity index (χ4v) is 5.94. The number of benzene rings is 2. The van der Waals surface area contributed by atoms with Crippen LogP contribution in [0.4, 0.5) is 5.13 Å². The van der Waals surface area contributed by atoms with Crippen molar-refractivity contribution in [3.63, 3.8) is 0 Å². The van der Waals surface area contributed by atoms with Crippen LogP contribution in [0.5, 0.6) is 5.75 Å². The Morgan fingerprint density at radius 2 is 1.85 bits per heavy atom. The molecule has 1 fully saturated rings. The number of nitrogens with zero attached hydrogens (tertiary/aromatic N) is 4. The monoisotopic (exact) mass is 497 g/mol. The van der Waals surface area contributed by atoms with Crippen LogP contribution in [0.2, 0.25) is 0 Å². The number of hydrogen-bond donors (Lipinski definition) is 1. The fraction of sp³-hybridized carbons (Fsp3) is 0.261. The molecule has 2 aromatic carbocycles. The van der Waals surface area contributed by atoms with Crippen LogP contribution < -0.4 is 10.1 Å². The van der Waals surface area contributed by atoms with Crippen molar-refractivity contribution in [2.75, 3.05) is 45.2 Å². The van der Waals surface area contributed by atoms with Gasteiger partial charge in [-0.15, -0.1) is 11.3 Å². The van der Waals surface area contributed by atoms with E-state index in [-0.39, 0.29) is 36.0 Å². The number of carbonyl (C=O) groups is 1. The Kier molecular flexibility index (Phi) is 7.23. The summed E-state index contributed by atoms with van der Waals surface area (Å²) >= 11 is 1.34. The van der Waals surface area contributed by atoms with Gasteiger partial charge < -0.3 is 10.1 Å². The smallest absolute Gasteiger partial charge is 0.244 e. The largest absolute Gasteiger partial charge is 0.497 e. The van der Waals surface area contributed by atoms with Crippen LogP contribution in [0.3, 0.4) is 0 Å². The van der Waals surface area contributed by atoms with Gasteiger partial charge in [0, 0.05) is 37.1 Å². The van der Waals surface area contributed by atoms with E-state index in [0.717, 1.165) is 17.0 Å². The Labute approximate surface area is 202 Å². The Balaban J connectivity index is 1.31. The van der Waals surface area contributed by atoms with Crippen LogP contribution in [0.1, 0.15) is 5.56 Å². The minimum absolute atomic E-state index is 0.0140. The van der Waals surface area contributed by atoms with Crippen LogP contribution in [-0.2, 0) is 14.8 Å². The molecular formula is C23H23N5O4S2. The molecule has 0 unspecified atom stereocenters. The summed E-state index contributed by atoms with van der Waals surface area (Å²) in [4.78, 5) is 18.9. The van der Waals surface area contributed by atoms with Crippen LogP contribution in [-0.4, -0.2) is 68.3 Å². The number of amides is 1. The molecule has 0 atom stereocenters. The van der Waals surface area contributed by atoms with Gasteiger partial charge in [-0.3, -0.25) is 9.69 Å². The Morgan fingerprint density at radius 1 is 1.15 bits per heavy atom. The lowest BCUT2D eigenvalue weighted by Gasteiger charge is -2.33. The lowest BCUT2D eigenvalue weighted by molar-refractivity contribution is -0.117. The summed E-state index contributed by atoms with van der Waals surface area (Å²) in [6.07, 6.45) is 0. The Bertz CT molecular complexity index is 1310. The number of methoxy groups -OCH3 is 1. The number of anilines is 1. The highest BCUT2D eigenvalue weighted by Crippen LogP contribution is 2.26. The van der Waals surface area contributed by atoms with Gasteiger partial charge in [0.2, 0.25) is 15.9 Å². The highest BCUT2D eigenvalue weighted by molar-refractivity contribution is 7.89. The quantitative estimate of drug-likeness (QED) is 0.533. The minimum Gasteiger partial charge on any atom is -0.497 e. The van der Waals surface area contributed by atoms with E-state index in [1.165, 1.54) is 27.8 Å². The van der Waals surface area contributed by atoms with Crippen molar-refractivity contribution in [1.82, 2.24) is 14.2 Å². The molecule has 4 rings (SSSR count). The molecule has 0 saturated carbocycles. The molecule has 11 heteroatoms. The van der Waals surface area contributed by atoms with Gasteiger partial charge in [-0.25, -0.2) is 13.4 Å². The number of sulfonamides is 1. The molecular weight excluding hydrogens is 474 g/mol. The highest BCUT2D eigenvalue weighted by Gasteiger charge is 2.30. The zero-order valence-corrected chi connectivity index (χ0v) is 20.1. The van der Waals surface area contributed by atoms with Crippen molar-refractivity contribution in [3.05, 3.63) is 59.5 Å². The molecule has 3 aromatic rings. The normalized spacial score (nSPS) is 14.9. The molecule has 1 aliphatic heterocycles. The van der Waals surface area contributed by atoms with Gasteiger partial charge in [-0.2, -0.15) is 9.57 Å². The summed E-state index contributed by atoms with van der Waals surface area (Å²) in [5.41, 5.74) is 1.81. The van der Waals surface area contributed by atoms with E-state index in [0.29, 0.717) is 18.2 Å². The molecule has 0 radical (unpaired) electrons. The number of hydrogen-bond acceptors (Lipinski definition) is 8. The molecule has 34 heavy (non-hydrogen) atoms. The van der Waals surface area contributed by atoms with Crippen LogP contribution >= 0.6 is 11.3 Å². The highest BCUT2D eigenvalue weighted by atomic mass is 32.2. The van der Waals surface area contributed by atoms with E-state index in [2.05, 4.69) is 10.3 Å². The van der Waals surface area contributed by atoms with Gasteiger partial charge >= 0.3 is 0 Å². The zero-order chi connectivity index (χ0) is 24.1. The van der Waals surface area contributed by atoms with Gasteiger partial charge in [0.1, 0.15) is 11.8 Å². The van der Waals surface area contributed by atoms with E-state index in [4.69, 9.17) is 4.74 Å². The minimum atomic E-state index is -3.77. The molecule has 1 aliphatic rings. The maximum Gasteiger partial charge on any atom is 0.244 e. The molecule has 0 spiro atoms. The number of piperazine rings is 1. The lowest BCUT2D eigenvalue weighted by Crippen LogP contribution is -2.50. The lowest BCUT2D eigenvalue weighted by atomic mass is 10.2. The Morgan fingerprint density at radius 3 is 2.53 bits per heavy atom. The topological polar surface area (TPSA) is 116 Å². The van der Waals surface area contributed by atoms with Gasteiger partial charge in [0.15, 0.2) is 5.13 Å². The number of nitriles is 1. The van der Waals surface area contributed by atoms with E-state index < -0.39 is 10.0 Å². The number of rotatable bonds is 7. The van der Waals surface area contributed by atoms with E-state index in [9.17, 15) is 18.5 Å². The first-order valence-electron chi connectivity index (χ1n) is 10.5. The molecule has 1 saturated heterocycles. The van der Waals surface area contributed by atoms with Crippen LogP contribution in [0.25, 0.3) is 11.3 Å². The molecule has 0 bridgehead atoms. The van der Waals surface area contributed by atoms with Gasteiger partial charge in [0.25, 0.3) is 0 Å². The molecule has 2 heterocycles. The molecule has 1 amide bonds. The van der Waals surface area contributed by atoms with Gasteiger partial charge in [0.05, 0.1) is 29.8 Å². The molecule has 9 nitrogen and oxygen atoms in total. The summed E-state index contributed by atoms with van der Waals surface area (Å²) in [6, 6.07) is 15.6. The number of nitrogens with one attached hydrogen (secondary N) is 1. The third kappa shape index (κ3) is 5.26. The van der Waals surface area contributed by atoms with Crippen LogP contribution in [0.15, 0.2) is 58.8 Å². The summed E-state index contributed by atoms with van der Waals surface area (Å²) in [6.45, 7) is 1.45. The summed E-state index contributed by atoms with van der Waals surface area (Å²) in [5, 5.41) is 14.4. The first-order chi connectivity index (χ1) is 16.4. The van der Waals surface area contributed by atoms with E-state index in [1.807, 2.05) is 40.6 Å².